The zero-order valence-corrected chi connectivity index (χ0v) is 8.98. The number of carbonyl (C=O) groups is 1. The minimum atomic E-state index is -1.05. The maximum absolute atomic E-state index is 10.4. The predicted octanol–water partition coefficient (Wildman–Crippen LogP) is 2.54. The summed E-state index contributed by atoms with van der Waals surface area (Å²) in [7, 11) is 0. The minimum absolute atomic E-state index is 0. The average molecular weight is 217 g/mol. The van der Waals surface area contributed by atoms with Crippen molar-refractivity contribution in [1.29, 1.82) is 0 Å². The molecule has 5 heteroatoms. The van der Waals surface area contributed by atoms with E-state index in [-0.39, 0.29) is 36.5 Å². The quantitative estimate of drug-likeness (QED) is 0.734. The molecule has 1 aromatic carbocycles. The molecule has 0 saturated carbocycles. The van der Waals surface area contributed by atoms with Crippen LogP contribution in [0.15, 0.2) is 18.2 Å². The molecule has 1 N–H and O–H groups in total. The van der Waals surface area contributed by atoms with Gasteiger partial charge in [0, 0.05) is 5.02 Å². The first-order valence-corrected chi connectivity index (χ1v) is 3.55. The van der Waals surface area contributed by atoms with Gasteiger partial charge >= 0.3 is 29.0 Å². The monoisotopic (exact) mass is 216 g/mol. The molecule has 0 aromatic heterocycles. The Hall–Kier alpha value is 0.0362. The number of aromatic carboxylic acids is 1. The van der Waals surface area contributed by atoms with E-state index in [1.165, 1.54) is 18.2 Å². The third kappa shape index (κ3) is 2.82. The molecule has 0 radical (unpaired) electrons. The Balaban J connectivity index is -0.000000403. The smallest absolute Gasteiger partial charge is 1.00 e. The molecule has 0 atom stereocenters. The molecule has 0 saturated heterocycles. The van der Waals surface area contributed by atoms with Crippen molar-refractivity contribution in [2.45, 2.75) is 0 Å². The van der Waals surface area contributed by atoms with Crippen molar-refractivity contribution in [3.05, 3.63) is 33.8 Å². The van der Waals surface area contributed by atoms with Crippen molar-refractivity contribution < 1.29 is 12.8 Å². The number of benzene rings is 1. The van der Waals surface area contributed by atoms with Crippen LogP contribution in [0.1, 0.15) is 13.2 Å². The van der Waals surface area contributed by atoms with Gasteiger partial charge in [-0.05, 0) is 18.2 Å². The molecule has 62 valence electrons. The van der Waals surface area contributed by atoms with Crippen molar-refractivity contribution in [3.63, 3.8) is 0 Å². The molecule has 0 unspecified atom stereocenters. The fraction of sp³-hybridized carbons (Fsp3) is 0. The first kappa shape index (κ1) is 12.0. The van der Waals surface area contributed by atoms with Crippen molar-refractivity contribution in [3.8, 4) is 0 Å². The Morgan fingerprint density at radius 2 is 2.00 bits per heavy atom. The summed E-state index contributed by atoms with van der Waals surface area (Å²) in [6.07, 6.45) is 0. The SMILES string of the molecule is O=C(O)c1ccc(Cl)cc1Cl.[H-].[H-].[Mg+2]. The Morgan fingerprint density at radius 3 is 2.42 bits per heavy atom. The number of carboxylic acids is 1. The van der Waals surface area contributed by atoms with E-state index >= 15 is 0 Å². The first-order chi connectivity index (χ1) is 5.11. The molecule has 0 aliphatic rings. The maximum atomic E-state index is 10.4. The van der Waals surface area contributed by atoms with Crippen LogP contribution < -0.4 is 0 Å². The third-order valence-electron chi connectivity index (χ3n) is 1.16. The Morgan fingerprint density at radius 1 is 1.42 bits per heavy atom. The Labute approximate surface area is 98.6 Å². The van der Waals surface area contributed by atoms with Gasteiger partial charge in [-0.2, -0.15) is 0 Å². The van der Waals surface area contributed by atoms with Gasteiger partial charge in [0.2, 0.25) is 0 Å². The standard InChI is InChI=1S/C7H4Cl2O2.Mg.2H/c8-4-1-2-5(7(10)11)6(9)3-4;;;/h1-3H,(H,10,11);;;/q;+2;2*-1. The molecule has 0 aliphatic carbocycles. The summed E-state index contributed by atoms with van der Waals surface area (Å²) in [6.45, 7) is 0. The average Bonchev–Trinajstić information content (AvgIpc) is 1.85. The molecule has 12 heavy (non-hydrogen) atoms. The van der Waals surface area contributed by atoms with Gasteiger partial charge in [-0.15, -0.1) is 0 Å². The molecule has 2 nitrogen and oxygen atoms in total. The van der Waals surface area contributed by atoms with Crippen LogP contribution in [0.25, 0.3) is 0 Å². The second-order valence-corrected chi connectivity index (χ2v) is 2.77. The van der Waals surface area contributed by atoms with Crippen molar-refractivity contribution in [2.24, 2.45) is 0 Å². The molecule has 0 aliphatic heterocycles. The fourth-order valence-corrected chi connectivity index (χ4v) is 1.15. The summed E-state index contributed by atoms with van der Waals surface area (Å²) in [5, 5.41) is 9.12. The number of carboxylic acid groups (broad SMARTS) is 1. The van der Waals surface area contributed by atoms with E-state index in [1.807, 2.05) is 0 Å². The van der Waals surface area contributed by atoms with Crippen LogP contribution in [0.5, 0.6) is 0 Å². The zero-order chi connectivity index (χ0) is 8.43. The van der Waals surface area contributed by atoms with Gasteiger partial charge in [-0.1, -0.05) is 23.2 Å². The second kappa shape index (κ2) is 4.92. The maximum Gasteiger partial charge on any atom is 2.00 e. The largest absolute Gasteiger partial charge is 2.00 e. The third-order valence-corrected chi connectivity index (χ3v) is 1.71. The molecular weight excluding hydrogens is 211 g/mol. The van der Waals surface area contributed by atoms with Crippen molar-refractivity contribution >= 4 is 52.2 Å². The van der Waals surface area contributed by atoms with Gasteiger partial charge in [0.25, 0.3) is 0 Å². The summed E-state index contributed by atoms with van der Waals surface area (Å²) >= 11 is 11.1. The molecule has 0 bridgehead atoms. The summed E-state index contributed by atoms with van der Waals surface area (Å²) in [5.41, 5.74) is 0.0658. The van der Waals surface area contributed by atoms with Crippen molar-refractivity contribution in [1.82, 2.24) is 0 Å². The van der Waals surface area contributed by atoms with E-state index < -0.39 is 5.97 Å². The van der Waals surface area contributed by atoms with Crippen LogP contribution in [0.3, 0.4) is 0 Å². The topological polar surface area (TPSA) is 37.3 Å². The van der Waals surface area contributed by atoms with Crippen LogP contribution in [0, 0.1) is 0 Å². The summed E-state index contributed by atoms with van der Waals surface area (Å²) in [5.74, 6) is -1.05. The summed E-state index contributed by atoms with van der Waals surface area (Å²) in [6, 6.07) is 4.25. The van der Waals surface area contributed by atoms with Gasteiger partial charge in [0.1, 0.15) is 0 Å². The zero-order valence-electron chi connectivity index (χ0n) is 8.05. The van der Waals surface area contributed by atoms with Crippen LogP contribution in [0.4, 0.5) is 0 Å². The fourth-order valence-electron chi connectivity index (χ4n) is 0.663. The molecular formula is C7H6Cl2MgO2. The van der Waals surface area contributed by atoms with Gasteiger partial charge < -0.3 is 7.96 Å². The molecule has 0 heterocycles. The minimum Gasteiger partial charge on any atom is -1.00 e. The van der Waals surface area contributed by atoms with Gasteiger partial charge in [-0.25, -0.2) is 4.79 Å². The summed E-state index contributed by atoms with van der Waals surface area (Å²) < 4.78 is 0. The van der Waals surface area contributed by atoms with E-state index in [1.54, 1.807) is 0 Å². The Kier molecular flexibility index (Phi) is 4.93. The van der Waals surface area contributed by atoms with E-state index in [9.17, 15) is 4.79 Å². The molecule has 0 amide bonds. The Bertz CT molecular complexity index is 310. The van der Waals surface area contributed by atoms with Gasteiger partial charge in [0.15, 0.2) is 0 Å². The van der Waals surface area contributed by atoms with E-state index in [2.05, 4.69) is 0 Å². The molecule has 1 rings (SSSR count). The van der Waals surface area contributed by atoms with E-state index in [4.69, 9.17) is 28.3 Å². The van der Waals surface area contributed by atoms with E-state index in [0.29, 0.717) is 5.02 Å². The van der Waals surface area contributed by atoms with Crippen LogP contribution in [-0.2, 0) is 0 Å². The van der Waals surface area contributed by atoms with Gasteiger partial charge in [-0.3, -0.25) is 0 Å². The van der Waals surface area contributed by atoms with Crippen LogP contribution in [0.2, 0.25) is 10.0 Å². The number of hydrogen-bond donors (Lipinski definition) is 1. The molecule has 1 aromatic rings. The van der Waals surface area contributed by atoms with Crippen LogP contribution >= 0.6 is 23.2 Å². The second-order valence-electron chi connectivity index (χ2n) is 1.93. The van der Waals surface area contributed by atoms with E-state index in [0.717, 1.165) is 0 Å². The normalized spacial score (nSPS) is 8.83. The van der Waals surface area contributed by atoms with Gasteiger partial charge in [0.05, 0.1) is 10.6 Å². The predicted molar refractivity (Wildman–Crippen MR) is 51.4 cm³/mol. The van der Waals surface area contributed by atoms with Crippen LogP contribution in [-0.4, -0.2) is 34.1 Å². The van der Waals surface area contributed by atoms with Crippen molar-refractivity contribution in [2.75, 3.05) is 0 Å². The molecule has 0 spiro atoms. The number of halogens is 2. The summed E-state index contributed by atoms with van der Waals surface area (Å²) in [4.78, 5) is 10.4. The number of hydrogen-bond acceptors (Lipinski definition) is 1. The number of rotatable bonds is 1. The molecule has 0 fully saturated rings. The first-order valence-electron chi connectivity index (χ1n) is 2.79.